The van der Waals surface area contributed by atoms with E-state index in [0.717, 1.165) is 11.1 Å². The average Bonchev–Trinajstić information content (AvgIpc) is 3.25. The van der Waals surface area contributed by atoms with Crippen LogP contribution in [-0.2, 0) is 16.1 Å². The van der Waals surface area contributed by atoms with E-state index in [1.807, 2.05) is 50.2 Å². The number of halogens is 1. The predicted molar refractivity (Wildman–Crippen MR) is 116 cm³/mol. The topological polar surface area (TPSA) is 73.2 Å². The van der Waals surface area contributed by atoms with Gasteiger partial charge in [0, 0.05) is 28.5 Å². The summed E-state index contributed by atoms with van der Waals surface area (Å²) in [6.45, 7) is 4.44. The van der Waals surface area contributed by atoms with Gasteiger partial charge in [0.25, 0.3) is 5.91 Å². The molecule has 1 atom stereocenters. The van der Waals surface area contributed by atoms with Gasteiger partial charge in [-0.3, -0.25) is 4.79 Å². The highest BCUT2D eigenvalue weighted by Gasteiger charge is 2.24. The monoisotopic (exact) mass is 425 g/mol. The van der Waals surface area contributed by atoms with Crippen molar-refractivity contribution in [3.05, 3.63) is 77.8 Å². The second-order valence-electron chi connectivity index (χ2n) is 7.37. The van der Waals surface area contributed by atoms with Crippen LogP contribution in [0.15, 0.2) is 67.3 Å². The molecule has 0 unspecified atom stereocenters. The molecule has 156 valence electrons. The van der Waals surface area contributed by atoms with E-state index in [9.17, 15) is 9.59 Å². The highest BCUT2D eigenvalue weighted by Crippen LogP contribution is 2.27. The largest absolute Gasteiger partial charge is 0.464 e. The molecule has 0 aliphatic heterocycles. The first-order valence-electron chi connectivity index (χ1n) is 9.72. The number of carbonyl (C=O) groups is 2. The van der Waals surface area contributed by atoms with Crippen LogP contribution in [0.25, 0.3) is 11.1 Å². The minimum absolute atomic E-state index is 0.205. The molecule has 6 nitrogen and oxygen atoms in total. The van der Waals surface area contributed by atoms with Crippen molar-refractivity contribution in [3.63, 3.8) is 0 Å². The van der Waals surface area contributed by atoms with Crippen LogP contribution in [0.2, 0.25) is 5.02 Å². The summed E-state index contributed by atoms with van der Waals surface area (Å²) in [5.41, 5.74) is 2.24. The van der Waals surface area contributed by atoms with Gasteiger partial charge in [0.05, 0.1) is 19.5 Å². The summed E-state index contributed by atoms with van der Waals surface area (Å²) in [6.07, 6.45) is 4.94. The first kappa shape index (κ1) is 21.6. The third-order valence-electron chi connectivity index (χ3n) is 4.43. The van der Waals surface area contributed by atoms with E-state index in [2.05, 4.69) is 10.3 Å². The Morgan fingerprint density at radius 2 is 1.87 bits per heavy atom. The third-order valence-corrected chi connectivity index (χ3v) is 4.76. The quantitative estimate of drug-likeness (QED) is 0.549. The second-order valence-corrected chi connectivity index (χ2v) is 7.77. The summed E-state index contributed by atoms with van der Waals surface area (Å²) >= 11 is 6.25. The number of carbonyl (C=O) groups excluding carboxylic acids is 2. The minimum Gasteiger partial charge on any atom is -0.464 e. The van der Waals surface area contributed by atoms with Crippen LogP contribution in [0.5, 0.6) is 0 Å². The van der Waals surface area contributed by atoms with Crippen molar-refractivity contribution >= 4 is 23.5 Å². The van der Waals surface area contributed by atoms with E-state index in [4.69, 9.17) is 16.3 Å². The fourth-order valence-corrected chi connectivity index (χ4v) is 3.12. The van der Waals surface area contributed by atoms with Gasteiger partial charge < -0.3 is 14.6 Å². The third kappa shape index (κ3) is 5.70. The summed E-state index contributed by atoms with van der Waals surface area (Å²) in [4.78, 5) is 29.3. The average molecular weight is 426 g/mol. The molecule has 0 radical (unpaired) electrons. The van der Waals surface area contributed by atoms with Gasteiger partial charge in [-0.2, -0.15) is 0 Å². The Morgan fingerprint density at radius 3 is 2.50 bits per heavy atom. The lowest BCUT2D eigenvalue weighted by Crippen LogP contribution is -2.44. The van der Waals surface area contributed by atoms with Crippen molar-refractivity contribution in [2.75, 3.05) is 6.61 Å². The molecule has 0 bridgehead atoms. The van der Waals surface area contributed by atoms with E-state index in [0.29, 0.717) is 17.2 Å². The Labute approximate surface area is 180 Å². The Hall–Kier alpha value is -3.12. The van der Waals surface area contributed by atoms with Crippen LogP contribution in [-0.4, -0.2) is 34.1 Å². The fourth-order valence-electron chi connectivity index (χ4n) is 2.87. The number of ether oxygens (including phenoxy) is 1. The highest BCUT2D eigenvalue weighted by molar-refractivity contribution is 6.33. The van der Waals surface area contributed by atoms with Crippen LogP contribution in [0.4, 0.5) is 0 Å². The summed E-state index contributed by atoms with van der Waals surface area (Å²) < 4.78 is 7.06. The predicted octanol–water partition coefficient (Wildman–Crippen LogP) is 4.20. The van der Waals surface area contributed by atoms with Gasteiger partial charge in [-0.25, -0.2) is 9.78 Å². The maximum absolute atomic E-state index is 12.8. The fraction of sp³-hybridized carbons (Fsp3) is 0.261. The van der Waals surface area contributed by atoms with Crippen LogP contribution < -0.4 is 5.32 Å². The van der Waals surface area contributed by atoms with E-state index >= 15 is 0 Å². The smallest absolute Gasteiger partial charge is 0.330 e. The molecular formula is C23H24ClN3O3. The van der Waals surface area contributed by atoms with E-state index in [1.165, 1.54) is 0 Å². The number of imidazole rings is 1. The first-order valence-corrected chi connectivity index (χ1v) is 10.1. The second kappa shape index (κ2) is 10.1. The van der Waals surface area contributed by atoms with Gasteiger partial charge in [0.2, 0.25) is 0 Å². The molecule has 3 aromatic rings. The number of nitrogens with one attached hydrogen (secondary N) is 1. The summed E-state index contributed by atoms with van der Waals surface area (Å²) in [5, 5.41) is 3.42. The number of esters is 1. The van der Waals surface area contributed by atoms with Gasteiger partial charge in [-0.1, -0.05) is 55.8 Å². The molecule has 1 heterocycles. The van der Waals surface area contributed by atoms with Gasteiger partial charge >= 0.3 is 5.97 Å². The summed E-state index contributed by atoms with van der Waals surface area (Å²) in [5.74, 6) is -0.623. The maximum Gasteiger partial charge on any atom is 0.330 e. The molecule has 7 heteroatoms. The number of rotatable bonds is 8. The van der Waals surface area contributed by atoms with Crippen molar-refractivity contribution in [3.8, 4) is 11.1 Å². The molecule has 0 saturated carbocycles. The number of amides is 1. The van der Waals surface area contributed by atoms with Crippen molar-refractivity contribution in [1.82, 2.24) is 14.9 Å². The van der Waals surface area contributed by atoms with Crippen molar-refractivity contribution < 1.29 is 14.3 Å². The molecule has 0 aliphatic carbocycles. The van der Waals surface area contributed by atoms with Gasteiger partial charge in [0.1, 0.15) is 6.04 Å². The Morgan fingerprint density at radius 1 is 1.13 bits per heavy atom. The zero-order valence-electron chi connectivity index (χ0n) is 16.9. The normalized spacial score (nSPS) is 11.9. The first-order chi connectivity index (χ1) is 14.4. The van der Waals surface area contributed by atoms with Gasteiger partial charge in [-0.15, -0.1) is 0 Å². The molecular weight excluding hydrogens is 402 g/mol. The number of hydrogen-bond donors (Lipinski definition) is 1. The summed E-state index contributed by atoms with van der Waals surface area (Å²) in [6, 6.07) is 13.8. The van der Waals surface area contributed by atoms with Gasteiger partial charge in [0.15, 0.2) is 0 Å². The maximum atomic E-state index is 12.8. The van der Waals surface area contributed by atoms with Crippen molar-refractivity contribution in [2.24, 2.45) is 5.92 Å². The zero-order valence-corrected chi connectivity index (χ0v) is 17.7. The lowest BCUT2D eigenvalue weighted by atomic mass is 10.0. The lowest BCUT2D eigenvalue weighted by Gasteiger charge is -2.19. The SMILES string of the molecule is CC(C)COC(=O)[C@H](Cn1ccnc1)NC(=O)c1ccc(-c2ccccc2Cl)cc1. The van der Waals surface area contributed by atoms with Crippen LogP contribution in [0.3, 0.4) is 0 Å². The molecule has 3 rings (SSSR count). The van der Waals surface area contributed by atoms with E-state index < -0.39 is 12.0 Å². The van der Waals surface area contributed by atoms with Crippen molar-refractivity contribution in [2.45, 2.75) is 26.4 Å². The Balaban J connectivity index is 1.72. The molecule has 0 aliphatic rings. The molecule has 0 saturated heterocycles. The number of aromatic nitrogens is 2. The molecule has 0 fully saturated rings. The van der Waals surface area contributed by atoms with E-state index in [-0.39, 0.29) is 18.4 Å². The molecule has 1 aromatic heterocycles. The van der Waals surface area contributed by atoms with Gasteiger partial charge in [-0.05, 0) is 29.7 Å². The molecule has 30 heavy (non-hydrogen) atoms. The van der Waals surface area contributed by atoms with Crippen LogP contribution in [0.1, 0.15) is 24.2 Å². The standard InChI is InChI=1S/C23H24ClN3O3/c1-16(2)14-30-23(29)21(13-27-12-11-25-15-27)26-22(28)18-9-7-17(8-10-18)19-5-3-4-6-20(19)24/h3-12,15-16,21H,13-14H2,1-2H3,(H,26,28)/t21-/m0/s1. The lowest BCUT2D eigenvalue weighted by molar-refractivity contribution is -0.147. The molecule has 1 N–H and O–H groups in total. The zero-order chi connectivity index (χ0) is 21.5. The number of nitrogens with zero attached hydrogens (tertiary/aromatic N) is 2. The number of hydrogen-bond acceptors (Lipinski definition) is 4. The Bertz CT molecular complexity index is 985. The van der Waals surface area contributed by atoms with Crippen LogP contribution in [0, 0.1) is 5.92 Å². The van der Waals surface area contributed by atoms with E-state index in [1.54, 1.807) is 35.4 Å². The molecule has 0 spiro atoms. The minimum atomic E-state index is -0.825. The molecule has 2 aromatic carbocycles. The summed E-state index contributed by atoms with van der Waals surface area (Å²) in [7, 11) is 0. The molecule has 1 amide bonds. The highest BCUT2D eigenvalue weighted by atomic mass is 35.5. The Kier molecular flexibility index (Phi) is 7.25. The van der Waals surface area contributed by atoms with Crippen LogP contribution >= 0.6 is 11.6 Å². The number of benzene rings is 2. The van der Waals surface area contributed by atoms with Crippen molar-refractivity contribution in [1.29, 1.82) is 0 Å².